The highest BCUT2D eigenvalue weighted by Crippen LogP contribution is 2.38. The van der Waals surface area contributed by atoms with E-state index in [0.717, 1.165) is 4.47 Å². The SMILES string of the molecule is C[C@@H](NC1CCCC1(C)C)c1cccc(Br)c1. The van der Waals surface area contributed by atoms with Gasteiger partial charge in [-0.1, -0.05) is 48.3 Å². The summed E-state index contributed by atoms with van der Waals surface area (Å²) in [6.45, 7) is 7.02. The Kier molecular flexibility index (Phi) is 3.94. The van der Waals surface area contributed by atoms with Crippen molar-refractivity contribution in [2.45, 2.75) is 52.1 Å². The quantitative estimate of drug-likeness (QED) is 0.854. The van der Waals surface area contributed by atoms with Crippen molar-refractivity contribution in [3.05, 3.63) is 34.3 Å². The summed E-state index contributed by atoms with van der Waals surface area (Å²) in [5, 5.41) is 3.79. The van der Waals surface area contributed by atoms with Crippen LogP contribution < -0.4 is 5.32 Å². The molecule has 0 spiro atoms. The zero-order valence-electron chi connectivity index (χ0n) is 11.0. The Labute approximate surface area is 113 Å². The minimum Gasteiger partial charge on any atom is -0.307 e. The van der Waals surface area contributed by atoms with Crippen LogP contribution in [0.15, 0.2) is 28.7 Å². The summed E-state index contributed by atoms with van der Waals surface area (Å²) in [6.07, 6.45) is 4.01. The third-order valence-corrected chi connectivity index (χ3v) is 4.55. The van der Waals surface area contributed by atoms with E-state index in [1.807, 2.05) is 0 Å². The predicted octanol–water partition coefficient (Wildman–Crippen LogP) is 4.68. The smallest absolute Gasteiger partial charge is 0.0294 e. The molecule has 2 atom stereocenters. The molecule has 0 aliphatic heterocycles. The summed E-state index contributed by atoms with van der Waals surface area (Å²) in [5.74, 6) is 0. The molecule has 17 heavy (non-hydrogen) atoms. The van der Waals surface area contributed by atoms with Crippen molar-refractivity contribution in [2.75, 3.05) is 0 Å². The maximum atomic E-state index is 3.79. The Morgan fingerprint density at radius 1 is 1.41 bits per heavy atom. The molecule has 1 aromatic rings. The van der Waals surface area contributed by atoms with Crippen LogP contribution in [0.5, 0.6) is 0 Å². The minimum absolute atomic E-state index is 0.426. The van der Waals surface area contributed by atoms with E-state index in [2.05, 4.69) is 66.3 Å². The lowest BCUT2D eigenvalue weighted by atomic mass is 9.86. The molecule has 0 heterocycles. The van der Waals surface area contributed by atoms with Crippen LogP contribution in [0.25, 0.3) is 0 Å². The van der Waals surface area contributed by atoms with E-state index in [1.165, 1.54) is 24.8 Å². The van der Waals surface area contributed by atoms with Gasteiger partial charge in [0.25, 0.3) is 0 Å². The molecule has 1 nitrogen and oxygen atoms in total. The maximum Gasteiger partial charge on any atom is 0.0294 e. The molecule has 1 unspecified atom stereocenters. The number of rotatable bonds is 3. The Hall–Kier alpha value is -0.340. The molecule has 0 bridgehead atoms. The van der Waals surface area contributed by atoms with E-state index < -0.39 is 0 Å². The highest BCUT2D eigenvalue weighted by Gasteiger charge is 2.34. The molecule has 1 aliphatic rings. The van der Waals surface area contributed by atoms with Gasteiger partial charge in [0.1, 0.15) is 0 Å². The molecular formula is C15H22BrN. The van der Waals surface area contributed by atoms with E-state index >= 15 is 0 Å². The zero-order chi connectivity index (χ0) is 12.5. The summed E-state index contributed by atoms with van der Waals surface area (Å²) in [7, 11) is 0. The van der Waals surface area contributed by atoms with Crippen LogP contribution in [0, 0.1) is 5.41 Å². The van der Waals surface area contributed by atoms with Crippen LogP contribution in [0.1, 0.15) is 51.6 Å². The van der Waals surface area contributed by atoms with Gasteiger partial charge in [0, 0.05) is 16.6 Å². The molecule has 1 saturated carbocycles. The first-order valence-corrected chi connectivity index (χ1v) is 7.30. The lowest BCUT2D eigenvalue weighted by Crippen LogP contribution is -2.39. The maximum absolute atomic E-state index is 3.79. The molecule has 1 aliphatic carbocycles. The topological polar surface area (TPSA) is 12.0 Å². The highest BCUT2D eigenvalue weighted by atomic mass is 79.9. The van der Waals surface area contributed by atoms with Gasteiger partial charge >= 0.3 is 0 Å². The van der Waals surface area contributed by atoms with Crippen LogP contribution in [0.2, 0.25) is 0 Å². The van der Waals surface area contributed by atoms with Crippen LogP contribution in [-0.2, 0) is 0 Å². The van der Waals surface area contributed by atoms with Gasteiger partial charge in [0.15, 0.2) is 0 Å². The first kappa shape index (κ1) is 13.1. The van der Waals surface area contributed by atoms with E-state index in [1.54, 1.807) is 0 Å². The van der Waals surface area contributed by atoms with Crippen molar-refractivity contribution in [1.29, 1.82) is 0 Å². The second-order valence-corrected chi connectivity index (χ2v) is 6.79. The lowest BCUT2D eigenvalue weighted by Gasteiger charge is -2.31. The predicted molar refractivity (Wildman–Crippen MR) is 77.1 cm³/mol. The fourth-order valence-electron chi connectivity index (χ4n) is 2.81. The molecule has 0 amide bonds. The molecule has 1 fully saturated rings. The monoisotopic (exact) mass is 295 g/mol. The summed E-state index contributed by atoms with van der Waals surface area (Å²) in [6, 6.07) is 9.67. The number of hydrogen-bond donors (Lipinski definition) is 1. The number of nitrogens with one attached hydrogen (secondary N) is 1. The number of hydrogen-bond acceptors (Lipinski definition) is 1. The molecule has 1 N–H and O–H groups in total. The van der Waals surface area contributed by atoms with Gasteiger partial charge in [-0.15, -0.1) is 0 Å². The highest BCUT2D eigenvalue weighted by molar-refractivity contribution is 9.10. The van der Waals surface area contributed by atoms with E-state index in [4.69, 9.17) is 0 Å². The molecule has 0 radical (unpaired) electrons. The molecule has 1 aromatic carbocycles. The summed E-state index contributed by atoms with van der Waals surface area (Å²) < 4.78 is 1.16. The fraction of sp³-hybridized carbons (Fsp3) is 0.600. The minimum atomic E-state index is 0.426. The van der Waals surface area contributed by atoms with E-state index in [0.29, 0.717) is 17.5 Å². The van der Waals surface area contributed by atoms with Gasteiger partial charge < -0.3 is 5.32 Å². The van der Waals surface area contributed by atoms with E-state index in [-0.39, 0.29) is 0 Å². The second-order valence-electron chi connectivity index (χ2n) is 5.88. The first-order chi connectivity index (χ1) is 7.99. The Morgan fingerprint density at radius 2 is 2.18 bits per heavy atom. The van der Waals surface area contributed by atoms with Gasteiger partial charge in [-0.05, 0) is 42.9 Å². The average Bonchev–Trinajstić information content (AvgIpc) is 2.58. The third-order valence-electron chi connectivity index (χ3n) is 4.06. The van der Waals surface area contributed by atoms with Crippen molar-refractivity contribution < 1.29 is 0 Å². The molecule has 2 heteroatoms. The van der Waals surface area contributed by atoms with Crippen LogP contribution >= 0.6 is 15.9 Å². The largest absolute Gasteiger partial charge is 0.307 e. The Balaban J connectivity index is 2.04. The molecule has 2 rings (SSSR count). The molecule has 94 valence electrons. The fourth-order valence-corrected chi connectivity index (χ4v) is 3.23. The number of halogens is 1. The molecule has 0 saturated heterocycles. The van der Waals surface area contributed by atoms with Crippen molar-refractivity contribution in [2.24, 2.45) is 5.41 Å². The first-order valence-electron chi connectivity index (χ1n) is 6.50. The summed E-state index contributed by atoms with van der Waals surface area (Å²) in [4.78, 5) is 0. The van der Waals surface area contributed by atoms with E-state index in [9.17, 15) is 0 Å². The Morgan fingerprint density at radius 3 is 2.76 bits per heavy atom. The van der Waals surface area contributed by atoms with Crippen LogP contribution in [0.4, 0.5) is 0 Å². The Bertz CT molecular complexity index is 386. The summed E-state index contributed by atoms with van der Waals surface area (Å²) in [5.41, 5.74) is 1.81. The van der Waals surface area contributed by atoms with Gasteiger partial charge in [-0.3, -0.25) is 0 Å². The van der Waals surface area contributed by atoms with Crippen LogP contribution in [0.3, 0.4) is 0 Å². The second kappa shape index (κ2) is 5.11. The van der Waals surface area contributed by atoms with Gasteiger partial charge in [-0.2, -0.15) is 0 Å². The van der Waals surface area contributed by atoms with Crippen LogP contribution in [-0.4, -0.2) is 6.04 Å². The third kappa shape index (κ3) is 3.11. The van der Waals surface area contributed by atoms with Crippen molar-refractivity contribution in [3.63, 3.8) is 0 Å². The summed E-state index contributed by atoms with van der Waals surface area (Å²) >= 11 is 3.54. The van der Waals surface area contributed by atoms with Crippen molar-refractivity contribution in [3.8, 4) is 0 Å². The van der Waals surface area contributed by atoms with Crippen molar-refractivity contribution >= 4 is 15.9 Å². The standard InChI is InChI=1S/C15H22BrN/c1-11(12-6-4-7-13(16)10-12)17-14-8-5-9-15(14,2)3/h4,6-7,10-11,14,17H,5,8-9H2,1-3H3/t11-,14?/m1/s1. The normalized spacial score (nSPS) is 24.8. The molecule has 0 aromatic heterocycles. The van der Waals surface area contributed by atoms with Gasteiger partial charge in [0.05, 0.1) is 0 Å². The molecular weight excluding hydrogens is 274 g/mol. The lowest BCUT2D eigenvalue weighted by molar-refractivity contribution is 0.266. The number of benzene rings is 1. The average molecular weight is 296 g/mol. The van der Waals surface area contributed by atoms with Crippen molar-refractivity contribution in [1.82, 2.24) is 5.32 Å². The zero-order valence-corrected chi connectivity index (χ0v) is 12.5. The van der Waals surface area contributed by atoms with Gasteiger partial charge in [-0.25, -0.2) is 0 Å². The van der Waals surface area contributed by atoms with Gasteiger partial charge in [0.2, 0.25) is 0 Å².